The molecule has 0 radical (unpaired) electrons. The van der Waals surface area contributed by atoms with Gasteiger partial charge in [-0.25, -0.2) is 0 Å². The van der Waals surface area contributed by atoms with Crippen molar-refractivity contribution >= 4 is 34.1 Å². The summed E-state index contributed by atoms with van der Waals surface area (Å²) in [6.45, 7) is 8.20. The Kier molecular flexibility index (Phi) is 6.60. The zero-order chi connectivity index (χ0) is 21.0. The van der Waals surface area contributed by atoms with E-state index < -0.39 is 6.10 Å². The van der Waals surface area contributed by atoms with Crippen LogP contribution >= 0.6 is 11.6 Å². The molecule has 1 unspecified atom stereocenters. The Morgan fingerprint density at radius 1 is 1.21 bits per heavy atom. The Bertz CT molecular complexity index is 1010. The summed E-state index contributed by atoms with van der Waals surface area (Å²) >= 11 is 6.20. The fraction of sp³-hybridized carbons (Fsp3) is 0.304. The zero-order valence-electron chi connectivity index (χ0n) is 17.1. The number of rotatable bonds is 7. The van der Waals surface area contributed by atoms with E-state index in [-0.39, 0.29) is 5.91 Å². The summed E-state index contributed by atoms with van der Waals surface area (Å²) in [5.41, 5.74) is 3.21. The molecule has 152 valence electrons. The van der Waals surface area contributed by atoms with Crippen molar-refractivity contribution in [3.05, 3.63) is 58.7 Å². The van der Waals surface area contributed by atoms with Crippen molar-refractivity contribution in [2.24, 2.45) is 0 Å². The molecule has 0 aliphatic carbocycles. The van der Waals surface area contributed by atoms with Gasteiger partial charge in [0.25, 0.3) is 5.91 Å². The second-order valence-electron chi connectivity index (χ2n) is 6.98. The second kappa shape index (κ2) is 9.14. The maximum Gasteiger partial charge on any atom is 0.265 e. The molecule has 6 heteroatoms. The lowest BCUT2D eigenvalue weighted by Gasteiger charge is -2.17. The quantitative estimate of drug-likeness (QED) is 0.540. The van der Waals surface area contributed by atoms with Gasteiger partial charge in [0.15, 0.2) is 6.10 Å². The SMILES string of the molecule is CCCOc1ccc(NC(=O)C(C)Oc2cc(C)c(Cl)c(C)c2)c2cccnc12. The number of pyridine rings is 1. The summed E-state index contributed by atoms with van der Waals surface area (Å²) in [5.74, 6) is 1.07. The number of hydrogen-bond donors (Lipinski definition) is 1. The van der Waals surface area contributed by atoms with E-state index in [9.17, 15) is 4.79 Å². The van der Waals surface area contributed by atoms with Crippen molar-refractivity contribution in [2.45, 2.75) is 40.2 Å². The number of nitrogens with zero attached hydrogens (tertiary/aromatic N) is 1. The van der Waals surface area contributed by atoms with Gasteiger partial charge in [-0.05, 0) is 74.7 Å². The molecule has 0 fully saturated rings. The van der Waals surface area contributed by atoms with Crippen LogP contribution in [0.15, 0.2) is 42.6 Å². The van der Waals surface area contributed by atoms with Gasteiger partial charge >= 0.3 is 0 Å². The summed E-state index contributed by atoms with van der Waals surface area (Å²) < 4.78 is 11.6. The van der Waals surface area contributed by atoms with E-state index in [1.54, 1.807) is 13.1 Å². The van der Waals surface area contributed by atoms with E-state index in [2.05, 4.69) is 17.2 Å². The van der Waals surface area contributed by atoms with E-state index in [0.29, 0.717) is 28.8 Å². The molecule has 3 rings (SSSR count). The molecule has 0 saturated heterocycles. The van der Waals surface area contributed by atoms with Crippen molar-refractivity contribution in [2.75, 3.05) is 11.9 Å². The van der Waals surface area contributed by atoms with Crippen molar-refractivity contribution in [1.82, 2.24) is 4.98 Å². The van der Waals surface area contributed by atoms with Gasteiger partial charge in [-0.15, -0.1) is 0 Å². The van der Waals surface area contributed by atoms with Crippen LogP contribution in [0.2, 0.25) is 5.02 Å². The first-order valence-electron chi connectivity index (χ1n) is 9.65. The van der Waals surface area contributed by atoms with Crippen LogP contribution in [0.3, 0.4) is 0 Å². The Morgan fingerprint density at radius 2 is 1.93 bits per heavy atom. The molecule has 1 amide bonds. The summed E-state index contributed by atoms with van der Waals surface area (Å²) in [6, 6.07) is 11.1. The topological polar surface area (TPSA) is 60.5 Å². The first-order valence-corrected chi connectivity index (χ1v) is 10.0. The second-order valence-corrected chi connectivity index (χ2v) is 7.36. The van der Waals surface area contributed by atoms with Gasteiger partial charge in [0.05, 0.1) is 12.3 Å². The fourth-order valence-corrected chi connectivity index (χ4v) is 3.16. The van der Waals surface area contributed by atoms with Gasteiger partial charge in [-0.1, -0.05) is 18.5 Å². The van der Waals surface area contributed by atoms with Crippen LogP contribution in [0.1, 0.15) is 31.4 Å². The Labute approximate surface area is 176 Å². The highest BCUT2D eigenvalue weighted by Gasteiger charge is 2.18. The highest BCUT2D eigenvalue weighted by molar-refractivity contribution is 6.32. The highest BCUT2D eigenvalue weighted by Crippen LogP contribution is 2.31. The standard InChI is InChI=1S/C23H25ClN2O3/c1-5-11-28-20-9-8-19(18-7-6-10-25-22(18)20)26-23(27)16(4)29-17-12-14(2)21(24)15(3)13-17/h6-10,12-13,16H,5,11H2,1-4H3,(H,26,27). The molecule has 3 aromatic rings. The molecule has 0 aliphatic rings. The number of fused-ring (bicyclic) bond motifs is 1. The lowest BCUT2D eigenvalue weighted by molar-refractivity contribution is -0.122. The van der Waals surface area contributed by atoms with Gasteiger partial charge in [-0.2, -0.15) is 0 Å². The summed E-state index contributed by atoms with van der Waals surface area (Å²) in [6.07, 6.45) is 1.94. The third-order valence-corrected chi connectivity index (χ3v) is 5.14. The van der Waals surface area contributed by atoms with E-state index in [1.165, 1.54) is 0 Å². The zero-order valence-corrected chi connectivity index (χ0v) is 17.8. The van der Waals surface area contributed by atoms with Crippen LogP contribution in [0, 0.1) is 13.8 Å². The highest BCUT2D eigenvalue weighted by atomic mass is 35.5. The number of anilines is 1. The van der Waals surface area contributed by atoms with Crippen molar-refractivity contribution < 1.29 is 14.3 Å². The number of aryl methyl sites for hydroxylation is 2. The molecule has 0 aliphatic heterocycles. The van der Waals surface area contributed by atoms with Gasteiger partial charge in [-0.3, -0.25) is 9.78 Å². The smallest absolute Gasteiger partial charge is 0.265 e. The number of carbonyl (C=O) groups excluding carboxylic acids is 1. The molecule has 1 heterocycles. The van der Waals surface area contributed by atoms with Crippen LogP contribution < -0.4 is 14.8 Å². The molecule has 0 spiro atoms. The maximum absolute atomic E-state index is 12.7. The number of ether oxygens (including phenoxy) is 2. The normalized spacial score (nSPS) is 11.9. The number of benzene rings is 2. The number of nitrogens with one attached hydrogen (secondary N) is 1. The summed E-state index contributed by atoms with van der Waals surface area (Å²) in [5, 5.41) is 4.47. The largest absolute Gasteiger partial charge is 0.491 e. The molecular formula is C23H25ClN2O3. The average Bonchev–Trinajstić information content (AvgIpc) is 2.71. The lowest BCUT2D eigenvalue weighted by Crippen LogP contribution is -2.30. The lowest BCUT2D eigenvalue weighted by atomic mass is 10.1. The van der Waals surface area contributed by atoms with Gasteiger partial charge < -0.3 is 14.8 Å². The Hall–Kier alpha value is -2.79. The summed E-state index contributed by atoms with van der Waals surface area (Å²) in [7, 11) is 0. The van der Waals surface area contributed by atoms with Crippen molar-refractivity contribution in [3.63, 3.8) is 0 Å². The maximum atomic E-state index is 12.7. The molecule has 0 bridgehead atoms. The minimum atomic E-state index is -0.683. The molecule has 0 saturated carbocycles. The Morgan fingerprint density at radius 3 is 2.62 bits per heavy atom. The van der Waals surface area contributed by atoms with Crippen LogP contribution in [0.4, 0.5) is 5.69 Å². The van der Waals surface area contributed by atoms with Gasteiger partial charge in [0.1, 0.15) is 17.0 Å². The summed E-state index contributed by atoms with van der Waals surface area (Å²) in [4.78, 5) is 17.2. The molecule has 2 aromatic carbocycles. The van der Waals surface area contributed by atoms with E-state index in [1.807, 2.05) is 50.2 Å². The minimum absolute atomic E-state index is 0.248. The fourth-order valence-electron chi connectivity index (χ4n) is 3.05. The first kappa shape index (κ1) is 20.9. The molecule has 1 N–H and O–H groups in total. The predicted molar refractivity (Wildman–Crippen MR) is 117 cm³/mol. The molecule has 1 aromatic heterocycles. The van der Waals surface area contributed by atoms with Crippen molar-refractivity contribution in [1.29, 1.82) is 0 Å². The molecular weight excluding hydrogens is 388 g/mol. The van der Waals surface area contributed by atoms with Crippen LogP contribution in [0.5, 0.6) is 11.5 Å². The number of amides is 1. The molecule has 5 nitrogen and oxygen atoms in total. The predicted octanol–water partition coefficient (Wildman–Crippen LogP) is 5.70. The number of aromatic nitrogens is 1. The number of carbonyl (C=O) groups is 1. The van der Waals surface area contributed by atoms with Crippen LogP contribution in [-0.4, -0.2) is 23.6 Å². The number of halogens is 1. The average molecular weight is 413 g/mol. The third-order valence-electron chi connectivity index (χ3n) is 4.54. The monoisotopic (exact) mass is 412 g/mol. The van der Waals surface area contributed by atoms with Crippen LogP contribution in [0.25, 0.3) is 10.9 Å². The Balaban J connectivity index is 1.79. The van der Waals surface area contributed by atoms with E-state index in [0.717, 1.165) is 28.5 Å². The van der Waals surface area contributed by atoms with Crippen molar-refractivity contribution in [3.8, 4) is 11.5 Å². The van der Waals surface area contributed by atoms with Gasteiger partial charge in [0.2, 0.25) is 0 Å². The first-order chi connectivity index (χ1) is 13.9. The molecule has 1 atom stereocenters. The molecule has 29 heavy (non-hydrogen) atoms. The third kappa shape index (κ3) is 4.80. The van der Waals surface area contributed by atoms with Gasteiger partial charge in [0, 0.05) is 16.6 Å². The van der Waals surface area contributed by atoms with E-state index >= 15 is 0 Å². The number of hydrogen-bond acceptors (Lipinski definition) is 4. The van der Waals surface area contributed by atoms with E-state index in [4.69, 9.17) is 21.1 Å². The minimum Gasteiger partial charge on any atom is -0.491 e. The van der Waals surface area contributed by atoms with Crippen LogP contribution in [-0.2, 0) is 4.79 Å².